The Morgan fingerprint density at radius 1 is 1.29 bits per heavy atom. The molecule has 1 aromatic carbocycles. The van der Waals surface area contributed by atoms with E-state index in [1.807, 2.05) is 42.4 Å². The first-order chi connectivity index (χ1) is 13.7. The Balaban J connectivity index is 1.52. The molecule has 1 saturated heterocycles. The van der Waals surface area contributed by atoms with Crippen LogP contribution < -0.4 is 15.4 Å². The van der Waals surface area contributed by atoms with Gasteiger partial charge in [0.05, 0.1) is 12.6 Å². The van der Waals surface area contributed by atoms with Crippen molar-refractivity contribution in [2.45, 2.75) is 44.8 Å². The van der Waals surface area contributed by atoms with Crippen molar-refractivity contribution in [3.05, 3.63) is 41.5 Å². The summed E-state index contributed by atoms with van der Waals surface area (Å²) in [7, 11) is 1.98. The number of nitrogens with zero attached hydrogens (tertiary/aromatic N) is 4. The average Bonchev–Trinajstić information content (AvgIpc) is 3.05. The van der Waals surface area contributed by atoms with Crippen molar-refractivity contribution >= 4 is 17.7 Å². The van der Waals surface area contributed by atoms with Crippen LogP contribution in [0, 0.1) is 6.92 Å². The molecule has 1 fully saturated rings. The summed E-state index contributed by atoms with van der Waals surface area (Å²) >= 11 is 2.01. The largest absolute Gasteiger partial charge is 0.493 e. The molecule has 0 aliphatic carbocycles. The van der Waals surface area contributed by atoms with E-state index in [4.69, 9.17) is 9.73 Å². The number of para-hydroxylation sites is 1. The van der Waals surface area contributed by atoms with Gasteiger partial charge in [-0.15, -0.1) is 10.2 Å². The topological polar surface area (TPSA) is 76.4 Å². The summed E-state index contributed by atoms with van der Waals surface area (Å²) in [5.41, 5.74) is 1.19. The molecule has 2 aliphatic heterocycles. The van der Waals surface area contributed by atoms with Gasteiger partial charge in [-0.3, -0.25) is 0 Å². The number of fused-ring (bicyclic) bond motifs is 1. The maximum absolute atomic E-state index is 5.81. The molecular weight excluding hydrogens is 372 g/mol. The maximum atomic E-state index is 5.81. The van der Waals surface area contributed by atoms with Crippen LogP contribution in [-0.4, -0.2) is 44.9 Å². The molecule has 8 heteroatoms. The van der Waals surface area contributed by atoms with Gasteiger partial charge in [-0.2, -0.15) is 11.8 Å². The predicted molar refractivity (Wildman–Crippen MR) is 113 cm³/mol. The Bertz CT molecular complexity index is 830. The molecule has 7 nitrogen and oxygen atoms in total. The molecule has 1 aromatic heterocycles. The zero-order valence-electron chi connectivity index (χ0n) is 16.5. The second-order valence-corrected chi connectivity index (χ2v) is 8.47. The molecule has 2 aliphatic rings. The standard InChI is InChI=1S/C20H28N6OS/c1-14-24-25-19(26(14)2)12-21-20(22-15-6-5-11-28-13-15)23-17-9-10-27-18-8-4-3-7-16(17)18/h3-4,7-8,15,17H,5-6,9-13H2,1-2H3,(H2,21,22,23). The van der Waals surface area contributed by atoms with Crippen molar-refractivity contribution in [1.82, 2.24) is 25.4 Å². The fraction of sp³-hybridized carbons (Fsp3) is 0.550. The van der Waals surface area contributed by atoms with Crippen LogP contribution >= 0.6 is 11.8 Å². The highest BCUT2D eigenvalue weighted by molar-refractivity contribution is 7.99. The summed E-state index contributed by atoms with van der Waals surface area (Å²) in [4.78, 5) is 4.85. The van der Waals surface area contributed by atoms with Crippen molar-refractivity contribution in [2.75, 3.05) is 18.1 Å². The van der Waals surface area contributed by atoms with Gasteiger partial charge >= 0.3 is 0 Å². The van der Waals surface area contributed by atoms with Crippen molar-refractivity contribution in [3.63, 3.8) is 0 Å². The molecular formula is C20H28N6OS. The van der Waals surface area contributed by atoms with Gasteiger partial charge in [-0.05, 0) is 31.6 Å². The van der Waals surface area contributed by atoms with Gasteiger partial charge in [-0.1, -0.05) is 18.2 Å². The lowest BCUT2D eigenvalue weighted by Crippen LogP contribution is -2.47. The number of benzene rings is 1. The van der Waals surface area contributed by atoms with Crippen LogP contribution in [0.1, 0.15) is 42.5 Å². The number of rotatable bonds is 4. The van der Waals surface area contributed by atoms with Crippen LogP contribution in [0.5, 0.6) is 5.75 Å². The lowest BCUT2D eigenvalue weighted by atomic mass is 10.0. The second-order valence-electron chi connectivity index (χ2n) is 7.32. The Morgan fingerprint density at radius 2 is 2.18 bits per heavy atom. The summed E-state index contributed by atoms with van der Waals surface area (Å²) in [6, 6.07) is 8.88. The second kappa shape index (κ2) is 8.86. The summed E-state index contributed by atoms with van der Waals surface area (Å²) in [5.74, 6) is 5.94. The molecule has 2 unspecified atom stereocenters. The predicted octanol–water partition coefficient (Wildman–Crippen LogP) is 2.58. The Hall–Kier alpha value is -2.22. The van der Waals surface area contributed by atoms with Crippen molar-refractivity contribution < 1.29 is 4.74 Å². The number of aryl methyl sites for hydroxylation is 1. The van der Waals surface area contributed by atoms with Gasteiger partial charge in [0, 0.05) is 30.8 Å². The van der Waals surface area contributed by atoms with Gasteiger partial charge in [-0.25, -0.2) is 4.99 Å². The van der Waals surface area contributed by atoms with E-state index in [9.17, 15) is 0 Å². The lowest BCUT2D eigenvalue weighted by Gasteiger charge is -2.30. The van der Waals surface area contributed by atoms with E-state index in [1.54, 1.807) is 0 Å². The van der Waals surface area contributed by atoms with Crippen LogP contribution in [0.25, 0.3) is 0 Å². The van der Waals surface area contributed by atoms with Gasteiger partial charge in [0.1, 0.15) is 18.1 Å². The maximum Gasteiger partial charge on any atom is 0.192 e. The minimum atomic E-state index is 0.189. The molecule has 0 amide bonds. The van der Waals surface area contributed by atoms with E-state index in [2.05, 4.69) is 33.0 Å². The summed E-state index contributed by atoms with van der Waals surface area (Å²) in [5, 5.41) is 15.7. The zero-order chi connectivity index (χ0) is 19.3. The van der Waals surface area contributed by atoms with Crippen LogP contribution in [0.15, 0.2) is 29.3 Å². The normalized spacial score (nSPS) is 22.3. The molecule has 2 aromatic rings. The highest BCUT2D eigenvalue weighted by atomic mass is 32.2. The molecule has 2 atom stereocenters. The van der Waals surface area contributed by atoms with E-state index < -0.39 is 0 Å². The number of thioether (sulfide) groups is 1. The van der Waals surface area contributed by atoms with Gasteiger partial charge in [0.15, 0.2) is 11.8 Å². The third kappa shape index (κ3) is 4.43. The monoisotopic (exact) mass is 400 g/mol. The number of guanidine groups is 1. The first-order valence-electron chi connectivity index (χ1n) is 9.92. The van der Waals surface area contributed by atoms with Crippen LogP contribution in [0.2, 0.25) is 0 Å². The number of hydrogen-bond donors (Lipinski definition) is 2. The zero-order valence-corrected chi connectivity index (χ0v) is 17.3. The third-order valence-corrected chi connectivity index (χ3v) is 6.55. The van der Waals surface area contributed by atoms with Crippen LogP contribution in [-0.2, 0) is 13.6 Å². The summed E-state index contributed by atoms with van der Waals surface area (Å²) in [6.07, 6.45) is 3.35. The molecule has 4 rings (SSSR count). The molecule has 3 heterocycles. The van der Waals surface area contributed by atoms with Crippen molar-refractivity contribution in [2.24, 2.45) is 12.0 Å². The fourth-order valence-electron chi connectivity index (χ4n) is 3.58. The lowest BCUT2D eigenvalue weighted by molar-refractivity contribution is 0.261. The Morgan fingerprint density at radius 3 is 2.96 bits per heavy atom. The number of aliphatic imine (C=N–C) groups is 1. The quantitative estimate of drug-likeness (QED) is 0.607. The minimum Gasteiger partial charge on any atom is -0.493 e. The number of nitrogens with one attached hydrogen (secondary N) is 2. The summed E-state index contributed by atoms with van der Waals surface area (Å²) in [6.45, 7) is 3.16. The van der Waals surface area contributed by atoms with Gasteiger partial charge in [0.2, 0.25) is 0 Å². The van der Waals surface area contributed by atoms with Crippen LogP contribution in [0.3, 0.4) is 0 Å². The highest BCUT2D eigenvalue weighted by Crippen LogP contribution is 2.31. The molecule has 0 saturated carbocycles. The fourth-order valence-corrected chi connectivity index (χ4v) is 4.65. The Labute approximate surface area is 170 Å². The molecule has 28 heavy (non-hydrogen) atoms. The van der Waals surface area contributed by atoms with E-state index in [0.717, 1.165) is 35.5 Å². The van der Waals surface area contributed by atoms with Crippen molar-refractivity contribution in [3.8, 4) is 5.75 Å². The minimum absolute atomic E-state index is 0.189. The molecule has 2 N–H and O–H groups in total. The van der Waals surface area contributed by atoms with E-state index in [0.29, 0.717) is 19.2 Å². The SMILES string of the molecule is Cc1nnc(CN=C(NC2CCCSC2)NC2CCOc3ccccc32)n1C. The number of ether oxygens (including phenoxy) is 1. The first-order valence-corrected chi connectivity index (χ1v) is 11.1. The van der Waals surface area contributed by atoms with E-state index >= 15 is 0 Å². The summed E-state index contributed by atoms with van der Waals surface area (Å²) < 4.78 is 7.80. The molecule has 0 radical (unpaired) electrons. The van der Waals surface area contributed by atoms with Crippen molar-refractivity contribution in [1.29, 1.82) is 0 Å². The third-order valence-electron chi connectivity index (χ3n) is 5.33. The number of aromatic nitrogens is 3. The van der Waals surface area contributed by atoms with E-state index in [1.165, 1.54) is 24.2 Å². The Kier molecular flexibility index (Phi) is 6.04. The molecule has 0 spiro atoms. The van der Waals surface area contributed by atoms with Gasteiger partial charge in [0.25, 0.3) is 0 Å². The smallest absolute Gasteiger partial charge is 0.192 e. The van der Waals surface area contributed by atoms with Gasteiger partial charge < -0.3 is 19.9 Å². The molecule has 150 valence electrons. The average molecular weight is 401 g/mol. The van der Waals surface area contributed by atoms with E-state index in [-0.39, 0.29) is 6.04 Å². The molecule has 0 bridgehead atoms. The first kappa shape index (κ1) is 19.1. The number of hydrogen-bond acceptors (Lipinski definition) is 5. The van der Waals surface area contributed by atoms with Crippen LogP contribution in [0.4, 0.5) is 0 Å². The highest BCUT2D eigenvalue weighted by Gasteiger charge is 2.23.